The van der Waals surface area contributed by atoms with Crippen molar-refractivity contribution in [1.82, 2.24) is 25.1 Å². The highest BCUT2D eigenvalue weighted by Crippen LogP contribution is 2.38. The van der Waals surface area contributed by atoms with Crippen LogP contribution >= 0.6 is 11.6 Å². The molecule has 4 heterocycles. The van der Waals surface area contributed by atoms with Gasteiger partial charge in [0.05, 0.1) is 25.0 Å². The Hall–Kier alpha value is -2.78. The van der Waals surface area contributed by atoms with Crippen LogP contribution in [0.4, 0.5) is 10.2 Å². The third kappa shape index (κ3) is 3.88. The molecule has 3 aromatic heterocycles. The molecule has 1 amide bonds. The molecule has 8 nitrogen and oxygen atoms in total. The van der Waals surface area contributed by atoms with Gasteiger partial charge in [-0.1, -0.05) is 18.5 Å². The van der Waals surface area contributed by atoms with Gasteiger partial charge in [-0.15, -0.1) is 0 Å². The van der Waals surface area contributed by atoms with E-state index in [1.807, 2.05) is 17.9 Å². The van der Waals surface area contributed by atoms with Gasteiger partial charge in [-0.3, -0.25) is 9.63 Å². The van der Waals surface area contributed by atoms with Gasteiger partial charge in [0, 0.05) is 18.3 Å². The lowest BCUT2D eigenvalue weighted by Crippen LogP contribution is -2.25. The molecule has 1 N–H and O–H groups in total. The molecule has 1 aliphatic rings. The second kappa shape index (κ2) is 8.30. The second-order valence-corrected chi connectivity index (χ2v) is 7.13. The molecule has 4 rings (SSSR count). The first-order valence-corrected chi connectivity index (χ1v) is 9.80. The Morgan fingerprint density at radius 3 is 3.14 bits per heavy atom. The molecule has 1 aliphatic heterocycles. The first-order valence-electron chi connectivity index (χ1n) is 9.42. The molecule has 10 heteroatoms. The van der Waals surface area contributed by atoms with Crippen LogP contribution < -0.4 is 10.4 Å². The summed E-state index contributed by atoms with van der Waals surface area (Å²) in [5.74, 6) is -0.181. The molecule has 0 aliphatic carbocycles. The molecule has 0 radical (unpaired) electrons. The molecule has 1 fully saturated rings. The van der Waals surface area contributed by atoms with E-state index in [0.29, 0.717) is 29.2 Å². The summed E-state index contributed by atoms with van der Waals surface area (Å²) in [6.45, 7) is 3.10. The van der Waals surface area contributed by atoms with Gasteiger partial charge in [0.2, 0.25) is 0 Å². The SMILES string of the molecule is CCCONC(=O)c1cnn2ccc(N3CCC[C@@H]3c3cc(F)cnc3Cl)nc12. The fraction of sp³-hybridized carbons (Fsp3) is 0.368. The van der Waals surface area contributed by atoms with Crippen molar-refractivity contribution in [1.29, 1.82) is 0 Å². The van der Waals surface area contributed by atoms with Gasteiger partial charge in [-0.25, -0.2) is 24.4 Å². The smallest absolute Gasteiger partial charge is 0.280 e. The van der Waals surface area contributed by atoms with Crippen molar-refractivity contribution in [3.63, 3.8) is 0 Å². The van der Waals surface area contributed by atoms with Crippen molar-refractivity contribution < 1.29 is 14.0 Å². The van der Waals surface area contributed by atoms with Crippen molar-refractivity contribution in [2.24, 2.45) is 0 Å². The van der Waals surface area contributed by atoms with Crippen LogP contribution in [0, 0.1) is 5.82 Å². The predicted molar refractivity (Wildman–Crippen MR) is 105 cm³/mol. The summed E-state index contributed by atoms with van der Waals surface area (Å²) >= 11 is 6.23. The van der Waals surface area contributed by atoms with Gasteiger partial charge >= 0.3 is 0 Å². The maximum Gasteiger partial charge on any atom is 0.280 e. The molecule has 152 valence electrons. The fourth-order valence-electron chi connectivity index (χ4n) is 3.49. The van der Waals surface area contributed by atoms with Crippen LogP contribution in [-0.4, -0.2) is 38.6 Å². The Morgan fingerprint density at radius 2 is 2.31 bits per heavy atom. The van der Waals surface area contributed by atoms with Gasteiger partial charge in [0.25, 0.3) is 5.91 Å². The van der Waals surface area contributed by atoms with Crippen LogP contribution in [0.1, 0.15) is 48.1 Å². The standard InChI is InChI=1S/C19H20ClFN6O2/c1-2-8-29-25-19(28)14-11-23-27-7-5-16(24-18(14)27)26-6-3-4-15(26)13-9-12(21)10-22-17(13)20/h5,7,9-11,15H,2-4,6,8H2,1H3,(H,25,28)/t15-/m1/s1. The van der Waals surface area contributed by atoms with E-state index >= 15 is 0 Å². The Labute approximate surface area is 171 Å². The van der Waals surface area contributed by atoms with Crippen LogP contribution in [0.25, 0.3) is 5.65 Å². The quantitative estimate of drug-likeness (QED) is 0.375. The van der Waals surface area contributed by atoms with Crippen LogP contribution in [-0.2, 0) is 4.84 Å². The van der Waals surface area contributed by atoms with Crippen molar-refractivity contribution >= 4 is 29.0 Å². The van der Waals surface area contributed by atoms with E-state index in [-0.39, 0.29) is 11.2 Å². The summed E-state index contributed by atoms with van der Waals surface area (Å²) in [6.07, 6.45) is 6.78. The number of halogens is 2. The van der Waals surface area contributed by atoms with Crippen LogP contribution in [0.15, 0.2) is 30.7 Å². The Morgan fingerprint density at radius 1 is 1.45 bits per heavy atom. The summed E-state index contributed by atoms with van der Waals surface area (Å²) in [7, 11) is 0. The molecule has 3 aromatic rings. The Balaban J connectivity index is 1.65. The lowest BCUT2D eigenvalue weighted by atomic mass is 10.1. The lowest BCUT2D eigenvalue weighted by molar-refractivity contribution is 0.0316. The molecule has 29 heavy (non-hydrogen) atoms. The topological polar surface area (TPSA) is 84.6 Å². The van der Waals surface area contributed by atoms with E-state index < -0.39 is 11.7 Å². The van der Waals surface area contributed by atoms with E-state index in [1.54, 1.807) is 6.20 Å². The molecule has 0 unspecified atom stereocenters. The van der Waals surface area contributed by atoms with Crippen LogP contribution in [0.2, 0.25) is 5.15 Å². The number of hydrogen-bond acceptors (Lipinski definition) is 6. The first kappa shape index (κ1) is 19.5. The van der Waals surface area contributed by atoms with Gasteiger partial charge in [-0.05, 0) is 31.4 Å². The number of carbonyl (C=O) groups is 1. The second-order valence-electron chi connectivity index (χ2n) is 6.78. The molecule has 0 spiro atoms. The van der Waals surface area contributed by atoms with Crippen LogP contribution in [0.5, 0.6) is 0 Å². The number of aromatic nitrogens is 4. The lowest BCUT2D eigenvalue weighted by Gasteiger charge is -2.26. The normalized spacial score (nSPS) is 16.5. The Kier molecular flexibility index (Phi) is 5.59. The van der Waals surface area contributed by atoms with Crippen molar-refractivity contribution in [2.45, 2.75) is 32.2 Å². The minimum Gasteiger partial charge on any atom is -0.349 e. The molecule has 0 saturated carbocycles. The summed E-state index contributed by atoms with van der Waals surface area (Å²) < 4.78 is 15.3. The average Bonchev–Trinajstić information content (AvgIpc) is 3.36. The number of pyridine rings is 1. The number of hydroxylamine groups is 1. The van der Waals surface area contributed by atoms with E-state index in [4.69, 9.17) is 16.4 Å². The summed E-state index contributed by atoms with van der Waals surface area (Å²) in [5.41, 5.74) is 3.75. The fourth-order valence-corrected chi connectivity index (χ4v) is 3.72. The van der Waals surface area contributed by atoms with Gasteiger partial charge in [-0.2, -0.15) is 5.10 Å². The van der Waals surface area contributed by atoms with Crippen LogP contribution in [0.3, 0.4) is 0 Å². The van der Waals surface area contributed by atoms with E-state index in [0.717, 1.165) is 32.0 Å². The van der Waals surface area contributed by atoms with Gasteiger partial charge in [0.15, 0.2) is 5.65 Å². The summed E-state index contributed by atoms with van der Waals surface area (Å²) in [4.78, 5) is 28.1. The largest absolute Gasteiger partial charge is 0.349 e. The monoisotopic (exact) mass is 418 g/mol. The molecule has 1 saturated heterocycles. The minimum atomic E-state index is -0.429. The van der Waals surface area contributed by atoms with E-state index in [1.165, 1.54) is 16.8 Å². The highest BCUT2D eigenvalue weighted by atomic mass is 35.5. The number of anilines is 1. The third-order valence-electron chi connectivity index (χ3n) is 4.81. The summed E-state index contributed by atoms with van der Waals surface area (Å²) in [5, 5.41) is 4.46. The number of nitrogens with zero attached hydrogens (tertiary/aromatic N) is 5. The first-order chi connectivity index (χ1) is 14.1. The van der Waals surface area contributed by atoms with E-state index in [9.17, 15) is 9.18 Å². The maximum absolute atomic E-state index is 13.7. The van der Waals surface area contributed by atoms with Crippen molar-refractivity contribution in [2.75, 3.05) is 18.1 Å². The van der Waals surface area contributed by atoms with Gasteiger partial charge in [0.1, 0.15) is 22.4 Å². The molecule has 1 atom stereocenters. The number of carbonyl (C=O) groups excluding carboxylic acids is 1. The highest BCUT2D eigenvalue weighted by Gasteiger charge is 2.30. The number of nitrogens with one attached hydrogen (secondary N) is 1. The zero-order chi connectivity index (χ0) is 20.4. The highest BCUT2D eigenvalue weighted by molar-refractivity contribution is 6.30. The number of hydrogen-bond donors (Lipinski definition) is 1. The van der Waals surface area contributed by atoms with Crippen molar-refractivity contribution in [3.05, 3.63) is 52.8 Å². The molecule has 0 bridgehead atoms. The average molecular weight is 419 g/mol. The molecular formula is C19H20ClFN6O2. The van der Waals surface area contributed by atoms with Crippen molar-refractivity contribution in [3.8, 4) is 0 Å². The number of rotatable bonds is 6. The zero-order valence-corrected chi connectivity index (χ0v) is 16.6. The number of fused-ring (bicyclic) bond motifs is 1. The minimum absolute atomic E-state index is 0.145. The predicted octanol–water partition coefficient (Wildman–Crippen LogP) is 3.33. The zero-order valence-electron chi connectivity index (χ0n) is 15.8. The number of amides is 1. The molecular weight excluding hydrogens is 399 g/mol. The van der Waals surface area contributed by atoms with Gasteiger partial charge < -0.3 is 4.90 Å². The Bertz CT molecular complexity index is 1040. The van der Waals surface area contributed by atoms with E-state index in [2.05, 4.69) is 20.5 Å². The maximum atomic E-state index is 13.7. The third-order valence-corrected chi connectivity index (χ3v) is 5.12. The molecule has 0 aromatic carbocycles. The summed E-state index contributed by atoms with van der Waals surface area (Å²) in [6, 6.07) is 3.09.